The molecule has 3 heterocycles. The molecule has 8 nitrogen and oxygen atoms in total. The minimum absolute atomic E-state index is 0.163. The topological polar surface area (TPSA) is 90.8 Å². The number of anilines is 1. The number of hydrogen-bond donors (Lipinski definition) is 1. The lowest BCUT2D eigenvalue weighted by molar-refractivity contribution is -0.113. The number of furan rings is 1. The summed E-state index contributed by atoms with van der Waals surface area (Å²) < 4.78 is 8.87. The number of carbonyl (C=O) groups is 1. The molecule has 4 aromatic rings. The fourth-order valence-electron chi connectivity index (χ4n) is 2.70. The summed E-state index contributed by atoms with van der Waals surface area (Å²) in [4.78, 5) is 12.4. The molecule has 0 aliphatic carbocycles. The van der Waals surface area contributed by atoms with Crippen molar-refractivity contribution in [2.24, 2.45) is 0 Å². The second-order valence-electron chi connectivity index (χ2n) is 6.12. The van der Waals surface area contributed by atoms with Crippen LogP contribution in [0.3, 0.4) is 0 Å². The SMILES string of the molecule is O=C(CSc1nncn1Cc1ccco1)Nc1ccnn1Cc1ccccc1Cl. The van der Waals surface area contributed by atoms with E-state index in [1.165, 1.54) is 11.8 Å². The van der Waals surface area contributed by atoms with Crippen LogP contribution >= 0.6 is 23.4 Å². The van der Waals surface area contributed by atoms with Crippen molar-refractivity contribution in [3.8, 4) is 0 Å². The monoisotopic (exact) mass is 428 g/mol. The van der Waals surface area contributed by atoms with E-state index in [9.17, 15) is 4.79 Å². The third kappa shape index (κ3) is 4.87. The summed E-state index contributed by atoms with van der Waals surface area (Å²) in [6.07, 6.45) is 4.87. The summed E-state index contributed by atoms with van der Waals surface area (Å²) in [6.45, 7) is 0.974. The fourth-order valence-corrected chi connectivity index (χ4v) is 3.61. The smallest absolute Gasteiger partial charge is 0.235 e. The van der Waals surface area contributed by atoms with Crippen molar-refractivity contribution in [3.05, 3.63) is 77.6 Å². The third-order valence-corrected chi connectivity index (χ3v) is 5.43. The standard InChI is InChI=1S/C19H17ClN6O2S/c20-16-6-2-1-4-14(16)10-26-17(7-8-22-26)23-18(27)12-29-19-24-21-13-25(19)11-15-5-3-9-28-15/h1-9,13H,10-12H2,(H,23,27). The lowest BCUT2D eigenvalue weighted by atomic mass is 10.2. The highest BCUT2D eigenvalue weighted by Gasteiger charge is 2.13. The highest BCUT2D eigenvalue weighted by molar-refractivity contribution is 7.99. The molecule has 0 fully saturated rings. The van der Waals surface area contributed by atoms with E-state index in [2.05, 4.69) is 20.6 Å². The zero-order valence-corrected chi connectivity index (χ0v) is 16.8. The van der Waals surface area contributed by atoms with Crippen LogP contribution in [0.15, 0.2) is 70.8 Å². The summed E-state index contributed by atoms with van der Waals surface area (Å²) >= 11 is 7.52. The van der Waals surface area contributed by atoms with Crippen LogP contribution in [0.1, 0.15) is 11.3 Å². The Morgan fingerprint density at radius 2 is 2.07 bits per heavy atom. The molecule has 4 rings (SSSR count). The molecule has 0 atom stereocenters. The molecule has 29 heavy (non-hydrogen) atoms. The highest BCUT2D eigenvalue weighted by Crippen LogP contribution is 2.19. The van der Waals surface area contributed by atoms with Gasteiger partial charge in [0.2, 0.25) is 5.91 Å². The molecule has 148 valence electrons. The summed E-state index contributed by atoms with van der Waals surface area (Å²) in [7, 11) is 0. The van der Waals surface area contributed by atoms with Crippen molar-refractivity contribution in [2.45, 2.75) is 18.2 Å². The van der Waals surface area contributed by atoms with Crippen molar-refractivity contribution < 1.29 is 9.21 Å². The Labute approximate surface area is 175 Å². The van der Waals surface area contributed by atoms with E-state index >= 15 is 0 Å². The van der Waals surface area contributed by atoms with Gasteiger partial charge in [0.05, 0.1) is 31.3 Å². The Morgan fingerprint density at radius 1 is 1.17 bits per heavy atom. The summed E-state index contributed by atoms with van der Waals surface area (Å²) in [5.74, 6) is 1.42. The summed E-state index contributed by atoms with van der Waals surface area (Å²) in [6, 6.07) is 13.0. The maximum Gasteiger partial charge on any atom is 0.235 e. The van der Waals surface area contributed by atoms with Crippen LogP contribution in [0.4, 0.5) is 5.82 Å². The summed E-state index contributed by atoms with van der Waals surface area (Å²) in [5, 5.41) is 16.4. The largest absolute Gasteiger partial charge is 0.467 e. The van der Waals surface area contributed by atoms with Crippen LogP contribution in [-0.2, 0) is 17.9 Å². The second-order valence-corrected chi connectivity index (χ2v) is 7.47. The first-order chi connectivity index (χ1) is 14.2. The van der Waals surface area contributed by atoms with Gasteiger partial charge in [0.15, 0.2) is 5.16 Å². The van der Waals surface area contributed by atoms with Gasteiger partial charge in [-0.05, 0) is 23.8 Å². The van der Waals surface area contributed by atoms with E-state index in [-0.39, 0.29) is 11.7 Å². The Balaban J connectivity index is 1.35. The van der Waals surface area contributed by atoms with E-state index in [4.69, 9.17) is 16.0 Å². The molecule has 0 spiro atoms. The van der Waals surface area contributed by atoms with Crippen molar-refractivity contribution >= 4 is 35.1 Å². The minimum Gasteiger partial charge on any atom is -0.467 e. The Morgan fingerprint density at radius 3 is 2.90 bits per heavy atom. The van der Waals surface area contributed by atoms with Gasteiger partial charge in [-0.2, -0.15) is 5.10 Å². The lowest BCUT2D eigenvalue weighted by Crippen LogP contribution is -2.18. The van der Waals surface area contributed by atoms with Crippen LogP contribution in [0.2, 0.25) is 5.02 Å². The number of thioether (sulfide) groups is 1. The number of benzene rings is 1. The summed E-state index contributed by atoms with van der Waals surface area (Å²) in [5.41, 5.74) is 0.925. The normalized spacial score (nSPS) is 10.9. The number of rotatable bonds is 8. The molecule has 1 N–H and O–H groups in total. The van der Waals surface area contributed by atoms with Gasteiger partial charge in [0, 0.05) is 11.1 Å². The van der Waals surface area contributed by atoms with Crippen molar-refractivity contribution in [1.29, 1.82) is 0 Å². The molecule has 0 saturated heterocycles. The van der Waals surface area contributed by atoms with Gasteiger partial charge in [-0.3, -0.25) is 4.79 Å². The zero-order chi connectivity index (χ0) is 20.1. The minimum atomic E-state index is -0.163. The molecule has 10 heteroatoms. The van der Waals surface area contributed by atoms with Gasteiger partial charge in [0.1, 0.15) is 17.9 Å². The Kier molecular flexibility index (Phi) is 5.97. The van der Waals surface area contributed by atoms with Gasteiger partial charge in [-0.1, -0.05) is 41.6 Å². The number of nitrogens with one attached hydrogen (secondary N) is 1. The maximum atomic E-state index is 12.4. The number of amides is 1. The van der Waals surface area contributed by atoms with E-state index in [1.807, 2.05) is 41.0 Å². The van der Waals surface area contributed by atoms with E-state index in [1.54, 1.807) is 29.5 Å². The first kappa shape index (κ1) is 19.3. The van der Waals surface area contributed by atoms with Crippen LogP contribution in [0.25, 0.3) is 0 Å². The van der Waals surface area contributed by atoms with Crippen molar-refractivity contribution in [3.63, 3.8) is 0 Å². The average Bonchev–Trinajstić information content (AvgIpc) is 3.46. The highest BCUT2D eigenvalue weighted by atomic mass is 35.5. The maximum absolute atomic E-state index is 12.4. The quantitative estimate of drug-likeness (QED) is 0.431. The van der Waals surface area contributed by atoms with Crippen molar-refractivity contribution in [2.75, 3.05) is 11.1 Å². The second kappa shape index (κ2) is 8.97. The number of aromatic nitrogens is 5. The zero-order valence-electron chi connectivity index (χ0n) is 15.2. The molecule has 0 aliphatic heterocycles. The fraction of sp³-hybridized carbons (Fsp3) is 0.158. The molecule has 0 bridgehead atoms. The van der Waals surface area contributed by atoms with Gasteiger partial charge >= 0.3 is 0 Å². The van der Waals surface area contributed by atoms with E-state index < -0.39 is 0 Å². The molecule has 1 aromatic carbocycles. The van der Waals surface area contributed by atoms with Gasteiger partial charge in [-0.25, -0.2) is 4.68 Å². The lowest BCUT2D eigenvalue weighted by Gasteiger charge is -2.10. The average molecular weight is 429 g/mol. The number of hydrogen-bond acceptors (Lipinski definition) is 6. The third-order valence-electron chi connectivity index (χ3n) is 4.08. The molecular formula is C19H17ClN6O2S. The first-order valence-corrected chi connectivity index (χ1v) is 10.1. The van der Waals surface area contributed by atoms with Gasteiger partial charge in [-0.15, -0.1) is 10.2 Å². The van der Waals surface area contributed by atoms with Crippen LogP contribution in [-0.4, -0.2) is 36.2 Å². The molecule has 0 radical (unpaired) electrons. The van der Waals surface area contributed by atoms with Crippen LogP contribution < -0.4 is 5.32 Å². The molecule has 0 aliphatic rings. The van der Waals surface area contributed by atoms with Crippen molar-refractivity contribution in [1.82, 2.24) is 24.5 Å². The molecule has 3 aromatic heterocycles. The molecule has 0 saturated carbocycles. The number of nitrogens with zero attached hydrogens (tertiary/aromatic N) is 5. The first-order valence-electron chi connectivity index (χ1n) is 8.77. The number of halogens is 1. The van der Waals surface area contributed by atoms with E-state index in [0.717, 1.165) is 11.3 Å². The molecular weight excluding hydrogens is 412 g/mol. The van der Waals surface area contributed by atoms with Crippen LogP contribution in [0, 0.1) is 0 Å². The predicted molar refractivity (Wildman–Crippen MR) is 110 cm³/mol. The van der Waals surface area contributed by atoms with Gasteiger partial charge in [0.25, 0.3) is 0 Å². The molecule has 0 unspecified atom stereocenters. The molecule has 1 amide bonds. The van der Waals surface area contributed by atoms with Gasteiger partial charge < -0.3 is 14.3 Å². The number of carbonyl (C=O) groups excluding carboxylic acids is 1. The Hall–Kier alpha value is -3.04. The Bertz CT molecular complexity index is 1090. The van der Waals surface area contributed by atoms with E-state index in [0.29, 0.717) is 29.1 Å². The predicted octanol–water partition coefficient (Wildman–Crippen LogP) is 3.55. The van der Waals surface area contributed by atoms with Crippen LogP contribution in [0.5, 0.6) is 0 Å².